The van der Waals surface area contributed by atoms with Crippen LogP contribution in [-0.2, 0) is 0 Å². The number of nitro groups is 1. The van der Waals surface area contributed by atoms with Crippen LogP contribution in [0.25, 0.3) is 5.82 Å². The van der Waals surface area contributed by atoms with Crippen molar-refractivity contribution in [3.63, 3.8) is 0 Å². The minimum atomic E-state index is -0.531. The molecule has 0 aliphatic rings. The molecule has 2 aromatic heterocycles. The van der Waals surface area contributed by atoms with Crippen LogP contribution in [0.5, 0.6) is 0 Å². The fraction of sp³-hybridized carbons (Fsp3) is 0. The number of nitriles is 1. The standard InChI is InChI=1S/C9H4BrN5O2/c10-7-5-14(13-8(7)3-11)9-2-1-6(4-12-9)15(16)17/h1-2,4-5H. The van der Waals surface area contributed by atoms with Gasteiger partial charge in [0.05, 0.1) is 9.40 Å². The lowest BCUT2D eigenvalue weighted by Gasteiger charge is -1.98. The molecule has 0 saturated carbocycles. The summed E-state index contributed by atoms with van der Waals surface area (Å²) in [5.41, 5.74) is 0.130. The van der Waals surface area contributed by atoms with Gasteiger partial charge >= 0.3 is 0 Å². The summed E-state index contributed by atoms with van der Waals surface area (Å²) in [4.78, 5) is 13.8. The first-order valence-electron chi connectivity index (χ1n) is 4.38. The normalized spacial score (nSPS) is 9.88. The van der Waals surface area contributed by atoms with Crippen LogP contribution in [-0.4, -0.2) is 19.7 Å². The topological polar surface area (TPSA) is 97.6 Å². The third kappa shape index (κ3) is 2.14. The Morgan fingerprint density at radius 1 is 1.53 bits per heavy atom. The molecule has 0 aromatic carbocycles. The summed E-state index contributed by atoms with van der Waals surface area (Å²) >= 11 is 3.17. The highest BCUT2D eigenvalue weighted by molar-refractivity contribution is 9.10. The van der Waals surface area contributed by atoms with Crippen LogP contribution < -0.4 is 0 Å². The lowest BCUT2D eigenvalue weighted by atomic mass is 10.4. The monoisotopic (exact) mass is 293 g/mol. The van der Waals surface area contributed by atoms with Gasteiger partial charge in [-0.25, -0.2) is 9.67 Å². The van der Waals surface area contributed by atoms with Crippen molar-refractivity contribution >= 4 is 21.6 Å². The van der Waals surface area contributed by atoms with Gasteiger partial charge in [0.15, 0.2) is 11.5 Å². The largest absolute Gasteiger partial charge is 0.287 e. The number of rotatable bonds is 2. The van der Waals surface area contributed by atoms with E-state index in [1.807, 2.05) is 6.07 Å². The van der Waals surface area contributed by atoms with Gasteiger partial charge in [0.25, 0.3) is 5.69 Å². The Morgan fingerprint density at radius 2 is 2.29 bits per heavy atom. The summed E-state index contributed by atoms with van der Waals surface area (Å²) in [5, 5.41) is 23.1. The average molecular weight is 294 g/mol. The molecule has 8 heteroatoms. The minimum absolute atomic E-state index is 0.0968. The molecule has 17 heavy (non-hydrogen) atoms. The summed E-state index contributed by atoms with van der Waals surface area (Å²) in [6.07, 6.45) is 2.70. The Bertz CT molecular complexity index is 613. The van der Waals surface area contributed by atoms with E-state index in [9.17, 15) is 10.1 Å². The number of aromatic nitrogens is 3. The molecule has 0 spiro atoms. The third-order valence-corrected chi connectivity index (χ3v) is 2.53. The van der Waals surface area contributed by atoms with E-state index in [4.69, 9.17) is 5.26 Å². The van der Waals surface area contributed by atoms with Crippen molar-refractivity contribution < 1.29 is 4.92 Å². The average Bonchev–Trinajstić information content (AvgIpc) is 2.70. The van der Waals surface area contributed by atoms with E-state index < -0.39 is 4.92 Å². The molecular formula is C9H4BrN5O2. The zero-order valence-electron chi connectivity index (χ0n) is 8.24. The fourth-order valence-corrected chi connectivity index (χ4v) is 1.53. The van der Waals surface area contributed by atoms with Crippen molar-refractivity contribution in [1.29, 1.82) is 5.26 Å². The highest BCUT2D eigenvalue weighted by atomic mass is 79.9. The summed E-state index contributed by atoms with van der Waals surface area (Å²) in [7, 11) is 0. The van der Waals surface area contributed by atoms with Crippen LogP contribution >= 0.6 is 15.9 Å². The second kappa shape index (κ2) is 4.31. The first-order valence-corrected chi connectivity index (χ1v) is 5.17. The van der Waals surface area contributed by atoms with E-state index in [0.717, 1.165) is 6.20 Å². The number of halogens is 1. The highest BCUT2D eigenvalue weighted by Crippen LogP contribution is 2.17. The Morgan fingerprint density at radius 3 is 2.76 bits per heavy atom. The first kappa shape index (κ1) is 11.2. The zero-order valence-corrected chi connectivity index (χ0v) is 9.83. The maximum Gasteiger partial charge on any atom is 0.287 e. The van der Waals surface area contributed by atoms with Crippen LogP contribution in [0, 0.1) is 21.4 Å². The van der Waals surface area contributed by atoms with E-state index >= 15 is 0 Å². The fourth-order valence-electron chi connectivity index (χ4n) is 1.17. The van der Waals surface area contributed by atoms with Crippen molar-refractivity contribution in [1.82, 2.24) is 14.8 Å². The summed E-state index contributed by atoms with van der Waals surface area (Å²) < 4.78 is 1.91. The van der Waals surface area contributed by atoms with Crippen LogP contribution in [0.3, 0.4) is 0 Å². The molecule has 0 bridgehead atoms. The predicted molar refractivity (Wildman–Crippen MR) is 60.4 cm³/mol. The van der Waals surface area contributed by atoms with Crippen molar-refractivity contribution in [3.8, 4) is 11.9 Å². The molecule has 0 atom stereocenters. The van der Waals surface area contributed by atoms with Gasteiger partial charge in [-0.15, -0.1) is 0 Å². The van der Waals surface area contributed by atoms with Gasteiger partial charge in [0.1, 0.15) is 12.3 Å². The molecule has 0 radical (unpaired) electrons. The van der Waals surface area contributed by atoms with Crippen LogP contribution in [0.2, 0.25) is 0 Å². The Kier molecular flexibility index (Phi) is 2.84. The SMILES string of the molecule is N#Cc1nn(-c2ccc([N+](=O)[O-])cn2)cc1Br. The molecule has 84 valence electrons. The van der Waals surface area contributed by atoms with Gasteiger partial charge < -0.3 is 0 Å². The van der Waals surface area contributed by atoms with E-state index in [-0.39, 0.29) is 11.4 Å². The Labute approximate surface area is 104 Å². The first-order chi connectivity index (χ1) is 8.11. The highest BCUT2D eigenvalue weighted by Gasteiger charge is 2.10. The van der Waals surface area contributed by atoms with Crippen molar-refractivity contribution in [2.75, 3.05) is 0 Å². The lowest BCUT2D eigenvalue weighted by molar-refractivity contribution is -0.385. The van der Waals surface area contributed by atoms with Gasteiger partial charge in [-0.3, -0.25) is 10.1 Å². The molecule has 0 aliphatic carbocycles. The molecular weight excluding hydrogens is 290 g/mol. The molecule has 7 nitrogen and oxygen atoms in total. The minimum Gasteiger partial charge on any atom is -0.258 e. The number of hydrogen-bond donors (Lipinski definition) is 0. The second-order valence-electron chi connectivity index (χ2n) is 3.01. The molecule has 0 amide bonds. The smallest absolute Gasteiger partial charge is 0.258 e. The van der Waals surface area contributed by atoms with Gasteiger partial charge in [-0.2, -0.15) is 10.4 Å². The molecule has 2 aromatic rings. The van der Waals surface area contributed by atoms with Gasteiger partial charge in [-0.05, 0) is 22.0 Å². The van der Waals surface area contributed by atoms with E-state index in [1.165, 1.54) is 16.8 Å². The van der Waals surface area contributed by atoms with Crippen LogP contribution in [0.4, 0.5) is 5.69 Å². The molecule has 0 aliphatic heterocycles. The number of pyridine rings is 1. The van der Waals surface area contributed by atoms with Gasteiger partial charge in [0.2, 0.25) is 0 Å². The summed E-state index contributed by atoms with van der Waals surface area (Å²) in [5.74, 6) is 0.401. The molecule has 2 heterocycles. The molecule has 0 unspecified atom stereocenters. The maximum atomic E-state index is 10.4. The van der Waals surface area contributed by atoms with Crippen molar-refractivity contribution in [2.45, 2.75) is 0 Å². The van der Waals surface area contributed by atoms with E-state index in [2.05, 4.69) is 26.0 Å². The van der Waals surface area contributed by atoms with Gasteiger partial charge in [-0.1, -0.05) is 0 Å². The number of nitrogens with zero attached hydrogens (tertiary/aromatic N) is 5. The van der Waals surface area contributed by atoms with Crippen molar-refractivity contribution in [3.05, 3.63) is 44.8 Å². The summed E-state index contributed by atoms with van der Waals surface area (Å²) in [6, 6.07) is 4.68. The summed E-state index contributed by atoms with van der Waals surface area (Å²) in [6.45, 7) is 0. The molecule has 2 rings (SSSR count). The number of hydrogen-bond acceptors (Lipinski definition) is 5. The lowest BCUT2D eigenvalue weighted by Crippen LogP contribution is -1.99. The maximum absolute atomic E-state index is 10.4. The van der Waals surface area contributed by atoms with Crippen LogP contribution in [0.1, 0.15) is 5.69 Å². The van der Waals surface area contributed by atoms with E-state index in [0.29, 0.717) is 10.3 Å². The molecule has 0 N–H and O–H groups in total. The van der Waals surface area contributed by atoms with Crippen molar-refractivity contribution in [2.24, 2.45) is 0 Å². The third-order valence-electron chi connectivity index (χ3n) is 1.95. The molecule has 0 fully saturated rings. The quantitative estimate of drug-likeness (QED) is 0.621. The Hall–Kier alpha value is -2.27. The van der Waals surface area contributed by atoms with E-state index in [1.54, 1.807) is 6.20 Å². The predicted octanol–water partition coefficient (Wildman–Crippen LogP) is 1.81. The zero-order chi connectivity index (χ0) is 12.4. The van der Waals surface area contributed by atoms with Gasteiger partial charge in [0, 0.05) is 12.3 Å². The molecule has 0 saturated heterocycles. The Balaban J connectivity index is 2.40. The second-order valence-corrected chi connectivity index (χ2v) is 3.87. The van der Waals surface area contributed by atoms with Crippen LogP contribution in [0.15, 0.2) is 29.0 Å².